The largest absolute Gasteiger partial charge is 0.488 e. The minimum atomic E-state index is 0.223. The zero-order valence-corrected chi connectivity index (χ0v) is 12.5. The van der Waals surface area contributed by atoms with Gasteiger partial charge in [0.05, 0.1) is 5.51 Å². The van der Waals surface area contributed by atoms with E-state index in [2.05, 4.69) is 35.4 Å². The van der Waals surface area contributed by atoms with E-state index in [-0.39, 0.29) is 6.10 Å². The Morgan fingerprint density at radius 1 is 1.45 bits per heavy atom. The molecule has 0 spiro atoms. The van der Waals surface area contributed by atoms with E-state index in [9.17, 15) is 0 Å². The molecule has 0 aliphatic carbocycles. The van der Waals surface area contributed by atoms with E-state index in [0.717, 1.165) is 31.6 Å². The van der Waals surface area contributed by atoms with Crippen molar-refractivity contribution >= 4 is 11.3 Å². The Balaban J connectivity index is 1.70. The van der Waals surface area contributed by atoms with Gasteiger partial charge in [-0.3, -0.25) is 4.98 Å². The summed E-state index contributed by atoms with van der Waals surface area (Å²) in [4.78, 5) is 5.49. The van der Waals surface area contributed by atoms with E-state index >= 15 is 0 Å². The number of nitrogens with zero attached hydrogens (tertiary/aromatic N) is 1. The molecule has 3 rings (SSSR count). The Bertz CT molecular complexity index is 516. The fourth-order valence-electron chi connectivity index (χ4n) is 2.66. The number of para-hydroxylation sites is 1. The summed E-state index contributed by atoms with van der Waals surface area (Å²) in [6.07, 6.45) is 5.31. The predicted molar refractivity (Wildman–Crippen MR) is 82.5 cm³/mol. The third kappa shape index (κ3) is 3.02. The number of hydrogen-bond acceptors (Lipinski definition) is 4. The molecule has 3 nitrogen and oxygen atoms in total. The van der Waals surface area contributed by atoms with Gasteiger partial charge in [0.25, 0.3) is 0 Å². The molecule has 0 radical (unpaired) electrons. The van der Waals surface area contributed by atoms with Crippen molar-refractivity contribution in [2.24, 2.45) is 0 Å². The van der Waals surface area contributed by atoms with Crippen LogP contribution in [0.15, 0.2) is 36.0 Å². The Hall–Kier alpha value is -1.39. The lowest BCUT2D eigenvalue weighted by molar-refractivity contribution is 0.177. The number of rotatable bonds is 6. The number of aromatic nitrogens is 1. The SMILES string of the molecule is CCCNC(Cc1cncs1)C1Cc2ccccc2O1. The fourth-order valence-corrected chi connectivity index (χ4v) is 3.31. The van der Waals surface area contributed by atoms with Gasteiger partial charge in [-0.15, -0.1) is 11.3 Å². The molecule has 1 N–H and O–H groups in total. The van der Waals surface area contributed by atoms with Crippen LogP contribution in [0, 0.1) is 0 Å². The third-order valence-corrected chi connectivity index (χ3v) is 4.48. The molecule has 2 atom stereocenters. The molecule has 0 bridgehead atoms. The Morgan fingerprint density at radius 2 is 2.35 bits per heavy atom. The smallest absolute Gasteiger partial charge is 0.123 e. The number of ether oxygens (including phenoxy) is 1. The van der Waals surface area contributed by atoms with Crippen LogP contribution in [0.25, 0.3) is 0 Å². The molecule has 4 heteroatoms. The normalized spacial score (nSPS) is 18.6. The quantitative estimate of drug-likeness (QED) is 0.887. The van der Waals surface area contributed by atoms with Crippen LogP contribution in [-0.2, 0) is 12.8 Å². The molecule has 2 unspecified atom stereocenters. The van der Waals surface area contributed by atoms with Crippen LogP contribution in [0.4, 0.5) is 0 Å². The molecule has 0 saturated carbocycles. The third-order valence-electron chi connectivity index (χ3n) is 3.68. The monoisotopic (exact) mass is 288 g/mol. The molecule has 0 saturated heterocycles. The van der Waals surface area contributed by atoms with Crippen LogP contribution >= 0.6 is 11.3 Å². The minimum Gasteiger partial charge on any atom is -0.488 e. The van der Waals surface area contributed by atoms with Crippen LogP contribution in [-0.4, -0.2) is 23.7 Å². The lowest BCUT2D eigenvalue weighted by Gasteiger charge is -2.24. The highest BCUT2D eigenvalue weighted by Gasteiger charge is 2.30. The fraction of sp³-hybridized carbons (Fsp3) is 0.438. The summed E-state index contributed by atoms with van der Waals surface area (Å²) in [5.41, 5.74) is 3.22. The van der Waals surface area contributed by atoms with Crippen LogP contribution in [0.1, 0.15) is 23.8 Å². The molecule has 1 aliphatic heterocycles. The number of nitrogens with one attached hydrogen (secondary N) is 1. The van der Waals surface area contributed by atoms with E-state index in [1.807, 2.05) is 17.8 Å². The lowest BCUT2D eigenvalue weighted by atomic mass is 10.0. The molecule has 1 aliphatic rings. The number of thiazole rings is 1. The maximum absolute atomic E-state index is 6.14. The van der Waals surface area contributed by atoms with Crippen molar-refractivity contribution in [3.05, 3.63) is 46.4 Å². The Labute approximate surface area is 124 Å². The highest BCUT2D eigenvalue weighted by atomic mass is 32.1. The highest BCUT2D eigenvalue weighted by molar-refractivity contribution is 7.09. The summed E-state index contributed by atoms with van der Waals surface area (Å²) < 4.78 is 6.14. The Kier molecular flexibility index (Phi) is 4.33. The van der Waals surface area contributed by atoms with Crippen LogP contribution in [0.5, 0.6) is 5.75 Å². The number of benzene rings is 1. The standard InChI is InChI=1S/C16H20N2OS/c1-2-7-18-14(9-13-10-17-11-20-13)16-8-12-5-3-4-6-15(12)19-16/h3-6,10-11,14,16,18H,2,7-9H2,1H3. The molecule has 0 amide bonds. The second-order valence-corrected chi connectivity index (χ2v) is 6.17. The summed E-state index contributed by atoms with van der Waals surface area (Å²) in [6, 6.07) is 8.71. The van der Waals surface area contributed by atoms with Gasteiger partial charge in [0, 0.05) is 30.0 Å². The molecule has 2 aromatic rings. The van der Waals surface area contributed by atoms with Crippen molar-refractivity contribution in [2.45, 2.75) is 38.3 Å². The van der Waals surface area contributed by atoms with Crippen molar-refractivity contribution in [3.8, 4) is 5.75 Å². The van der Waals surface area contributed by atoms with Crippen molar-refractivity contribution < 1.29 is 4.74 Å². The second kappa shape index (κ2) is 6.37. The predicted octanol–water partition coefficient (Wildman–Crippen LogP) is 3.06. The van der Waals surface area contributed by atoms with Crippen LogP contribution in [0.3, 0.4) is 0 Å². The summed E-state index contributed by atoms with van der Waals surface area (Å²) in [5, 5.41) is 3.64. The highest BCUT2D eigenvalue weighted by Crippen LogP contribution is 2.30. The van der Waals surface area contributed by atoms with Crippen molar-refractivity contribution in [3.63, 3.8) is 0 Å². The first-order chi connectivity index (χ1) is 9.86. The molecule has 0 fully saturated rings. The molecule has 2 heterocycles. The molecule has 1 aromatic heterocycles. The van der Waals surface area contributed by atoms with Gasteiger partial charge in [0.15, 0.2) is 0 Å². The molecule has 1 aromatic carbocycles. The maximum atomic E-state index is 6.14. The van der Waals surface area contributed by atoms with Crippen LogP contribution in [0.2, 0.25) is 0 Å². The van der Waals surface area contributed by atoms with Gasteiger partial charge in [-0.25, -0.2) is 0 Å². The first-order valence-electron chi connectivity index (χ1n) is 7.22. The van der Waals surface area contributed by atoms with Crippen molar-refractivity contribution in [1.29, 1.82) is 0 Å². The summed E-state index contributed by atoms with van der Waals surface area (Å²) in [6.45, 7) is 3.22. The zero-order valence-electron chi connectivity index (χ0n) is 11.7. The molecular formula is C16H20N2OS. The Morgan fingerprint density at radius 3 is 3.10 bits per heavy atom. The van der Waals surface area contributed by atoms with Crippen molar-refractivity contribution in [1.82, 2.24) is 10.3 Å². The van der Waals surface area contributed by atoms with Gasteiger partial charge >= 0.3 is 0 Å². The molecule has 106 valence electrons. The first-order valence-corrected chi connectivity index (χ1v) is 8.10. The average molecular weight is 288 g/mol. The van der Waals surface area contributed by atoms with Crippen molar-refractivity contribution in [2.75, 3.05) is 6.54 Å². The van der Waals surface area contributed by atoms with E-state index in [1.165, 1.54) is 10.4 Å². The van der Waals surface area contributed by atoms with E-state index in [4.69, 9.17) is 4.74 Å². The molecular weight excluding hydrogens is 268 g/mol. The van der Waals surface area contributed by atoms with Gasteiger partial charge in [0.2, 0.25) is 0 Å². The second-order valence-electron chi connectivity index (χ2n) is 5.20. The van der Waals surface area contributed by atoms with Gasteiger partial charge in [-0.1, -0.05) is 25.1 Å². The summed E-state index contributed by atoms with van der Waals surface area (Å²) >= 11 is 1.72. The van der Waals surface area contributed by atoms with Crippen LogP contribution < -0.4 is 10.1 Å². The number of hydrogen-bond donors (Lipinski definition) is 1. The van der Waals surface area contributed by atoms with E-state index in [0.29, 0.717) is 6.04 Å². The first kappa shape index (κ1) is 13.6. The maximum Gasteiger partial charge on any atom is 0.123 e. The van der Waals surface area contributed by atoms with E-state index < -0.39 is 0 Å². The zero-order chi connectivity index (χ0) is 13.8. The van der Waals surface area contributed by atoms with Gasteiger partial charge in [-0.05, 0) is 24.6 Å². The van der Waals surface area contributed by atoms with Gasteiger partial charge in [0.1, 0.15) is 11.9 Å². The lowest BCUT2D eigenvalue weighted by Crippen LogP contribution is -2.44. The summed E-state index contributed by atoms with van der Waals surface area (Å²) in [5.74, 6) is 1.05. The van der Waals surface area contributed by atoms with E-state index in [1.54, 1.807) is 11.3 Å². The number of fused-ring (bicyclic) bond motifs is 1. The van der Waals surface area contributed by atoms with Gasteiger partial charge in [-0.2, -0.15) is 0 Å². The average Bonchev–Trinajstić information content (AvgIpc) is 3.12. The topological polar surface area (TPSA) is 34.2 Å². The van der Waals surface area contributed by atoms with Gasteiger partial charge < -0.3 is 10.1 Å². The minimum absolute atomic E-state index is 0.223. The molecule has 20 heavy (non-hydrogen) atoms. The summed E-state index contributed by atoms with van der Waals surface area (Å²) in [7, 11) is 0.